The molecule has 1 fully saturated rings. The number of hydrogen-bond donors (Lipinski definition) is 1. The van der Waals surface area contributed by atoms with E-state index in [1.54, 1.807) is 7.05 Å². The maximum atomic E-state index is 12.2. The molecule has 1 aromatic heterocycles. The summed E-state index contributed by atoms with van der Waals surface area (Å²) in [7, 11) is 1.78. The summed E-state index contributed by atoms with van der Waals surface area (Å²) in [6.07, 6.45) is -1.97. The van der Waals surface area contributed by atoms with Crippen LogP contribution in [0.2, 0.25) is 0 Å². The number of nitrogens with zero attached hydrogens (tertiary/aromatic N) is 2. The molecular formula is C9H12F3N3O. The van der Waals surface area contributed by atoms with Crippen LogP contribution in [0.4, 0.5) is 13.2 Å². The van der Waals surface area contributed by atoms with Gasteiger partial charge in [0.05, 0.1) is 0 Å². The zero-order valence-electron chi connectivity index (χ0n) is 8.71. The second-order valence-corrected chi connectivity index (χ2v) is 3.95. The zero-order chi connectivity index (χ0) is 11.8. The van der Waals surface area contributed by atoms with Gasteiger partial charge in [-0.25, -0.2) is 0 Å². The van der Waals surface area contributed by atoms with E-state index in [4.69, 9.17) is 0 Å². The van der Waals surface area contributed by atoms with Crippen LogP contribution in [0.25, 0.3) is 0 Å². The van der Waals surface area contributed by atoms with Crippen LogP contribution in [0.5, 0.6) is 0 Å². The molecule has 16 heavy (non-hydrogen) atoms. The van der Waals surface area contributed by atoms with Crippen molar-refractivity contribution in [1.82, 2.24) is 15.5 Å². The highest BCUT2D eigenvalue weighted by atomic mass is 19.4. The van der Waals surface area contributed by atoms with Crippen LogP contribution in [0.3, 0.4) is 0 Å². The van der Waals surface area contributed by atoms with Crippen molar-refractivity contribution >= 4 is 0 Å². The van der Waals surface area contributed by atoms with Crippen LogP contribution >= 0.6 is 0 Å². The molecule has 0 radical (unpaired) electrons. The highest BCUT2D eigenvalue weighted by Crippen LogP contribution is 2.34. The Morgan fingerprint density at radius 2 is 2.19 bits per heavy atom. The van der Waals surface area contributed by atoms with Gasteiger partial charge in [-0.1, -0.05) is 5.16 Å². The number of likely N-dealkylation sites (N-methyl/N-ethyl adjacent to an activating group) is 1. The highest BCUT2D eigenvalue weighted by Gasteiger charge is 2.38. The third-order valence-electron chi connectivity index (χ3n) is 2.68. The van der Waals surface area contributed by atoms with Crippen molar-refractivity contribution in [1.29, 1.82) is 0 Å². The zero-order valence-corrected chi connectivity index (χ0v) is 8.71. The van der Waals surface area contributed by atoms with Crippen molar-refractivity contribution in [2.45, 2.75) is 31.5 Å². The second-order valence-electron chi connectivity index (χ2n) is 3.95. The maximum absolute atomic E-state index is 12.2. The minimum Gasteiger partial charge on any atom is -0.339 e. The number of alkyl halides is 3. The SMILES string of the molecule is CNC(Cc1nc(C(F)(F)F)no1)C1CC1. The van der Waals surface area contributed by atoms with Gasteiger partial charge in [0.1, 0.15) is 0 Å². The van der Waals surface area contributed by atoms with Crippen LogP contribution in [-0.4, -0.2) is 23.2 Å². The summed E-state index contributed by atoms with van der Waals surface area (Å²) in [5.41, 5.74) is 0. The average molecular weight is 235 g/mol. The summed E-state index contributed by atoms with van der Waals surface area (Å²) >= 11 is 0. The first-order valence-corrected chi connectivity index (χ1v) is 5.07. The Balaban J connectivity index is 2.01. The normalized spacial score (nSPS) is 18.8. The lowest BCUT2D eigenvalue weighted by atomic mass is 10.1. The fourth-order valence-electron chi connectivity index (χ4n) is 1.64. The largest absolute Gasteiger partial charge is 0.455 e. The quantitative estimate of drug-likeness (QED) is 0.861. The smallest absolute Gasteiger partial charge is 0.339 e. The topological polar surface area (TPSA) is 51.0 Å². The molecule has 7 heteroatoms. The summed E-state index contributed by atoms with van der Waals surface area (Å²) in [6, 6.07) is 0.126. The van der Waals surface area contributed by atoms with Gasteiger partial charge < -0.3 is 9.84 Å². The predicted molar refractivity (Wildman–Crippen MR) is 48.6 cm³/mol. The molecule has 2 rings (SSSR count). The molecule has 0 saturated heterocycles. The Bertz CT molecular complexity index is 359. The summed E-state index contributed by atoms with van der Waals surface area (Å²) in [5.74, 6) is -0.641. The summed E-state index contributed by atoms with van der Waals surface area (Å²) in [4.78, 5) is 3.34. The molecule has 1 aromatic rings. The van der Waals surface area contributed by atoms with Gasteiger partial charge in [-0.15, -0.1) is 0 Å². The fourth-order valence-corrected chi connectivity index (χ4v) is 1.64. The number of nitrogens with one attached hydrogen (secondary N) is 1. The van der Waals surface area contributed by atoms with Crippen LogP contribution < -0.4 is 5.32 Å². The van der Waals surface area contributed by atoms with Crippen molar-refractivity contribution in [3.05, 3.63) is 11.7 Å². The molecule has 90 valence electrons. The summed E-state index contributed by atoms with van der Waals surface area (Å²) in [5, 5.41) is 5.97. The van der Waals surface area contributed by atoms with Gasteiger partial charge in [0.2, 0.25) is 5.89 Å². The molecule has 1 N–H and O–H groups in total. The second kappa shape index (κ2) is 4.04. The van der Waals surface area contributed by atoms with Crippen molar-refractivity contribution in [2.75, 3.05) is 7.05 Å². The van der Waals surface area contributed by atoms with Crippen molar-refractivity contribution in [3.8, 4) is 0 Å². The summed E-state index contributed by atoms with van der Waals surface area (Å²) in [6.45, 7) is 0. The van der Waals surface area contributed by atoms with Crippen LogP contribution in [0.15, 0.2) is 4.52 Å². The van der Waals surface area contributed by atoms with E-state index in [0.29, 0.717) is 12.3 Å². The van der Waals surface area contributed by atoms with E-state index in [0.717, 1.165) is 12.8 Å². The first kappa shape index (κ1) is 11.4. The third-order valence-corrected chi connectivity index (χ3v) is 2.68. The van der Waals surface area contributed by atoms with Gasteiger partial charge in [-0.05, 0) is 25.8 Å². The fraction of sp³-hybridized carbons (Fsp3) is 0.778. The Hall–Kier alpha value is -1.11. The molecular weight excluding hydrogens is 223 g/mol. The monoisotopic (exact) mass is 235 g/mol. The van der Waals surface area contributed by atoms with E-state index >= 15 is 0 Å². The number of halogens is 3. The van der Waals surface area contributed by atoms with Crippen LogP contribution in [0, 0.1) is 5.92 Å². The number of hydrogen-bond acceptors (Lipinski definition) is 4. The van der Waals surface area contributed by atoms with Crippen molar-refractivity contribution in [2.24, 2.45) is 5.92 Å². The van der Waals surface area contributed by atoms with E-state index in [9.17, 15) is 13.2 Å². The third kappa shape index (κ3) is 2.52. The molecule has 1 aliphatic carbocycles. The standard InChI is InChI=1S/C9H12F3N3O/c1-13-6(5-2-3-5)4-7-14-8(15-16-7)9(10,11)12/h5-6,13H,2-4H2,1H3. The number of aromatic nitrogens is 2. The molecule has 1 unspecified atom stereocenters. The van der Waals surface area contributed by atoms with Gasteiger partial charge >= 0.3 is 6.18 Å². The van der Waals surface area contributed by atoms with E-state index in [2.05, 4.69) is 20.0 Å². The average Bonchev–Trinajstić information content (AvgIpc) is 2.92. The van der Waals surface area contributed by atoms with Crippen molar-refractivity contribution in [3.63, 3.8) is 0 Å². The van der Waals surface area contributed by atoms with Gasteiger partial charge in [-0.3, -0.25) is 0 Å². The molecule has 1 atom stereocenters. The maximum Gasteiger partial charge on any atom is 0.455 e. The molecule has 0 spiro atoms. The van der Waals surface area contributed by atoms with Gasteiger partial charge in [-0.2, -0.15) is 18.2 Å². The van der Waals surface area contributed by atoms with Crippen molar-refractivity contribution < 1.29 is 17.7 Å². The van der Waals surface area contributed by atoms with E-state index in [-0.39, 0.29) is 11.9 Å². The Kier molecular flexibility index (Phi) is 2.88. The Morgan fingerprint density at radius 3 is 2.62 bits per heavy atom. The molecule has 1 saturated carbocycles. The molecule has 1 heterocycles. The molecule has 0 amide bonds. The molecule has 1 aliphatic rings. The Labute approximate surface area is 90.2 Å². The lowest BCUT2D eigenvalue weighted by Gasteiger charge is -2.11. The van der Waals surface area contributed by atoms with Crippen LogP contribution in [0.1, 0.15) is 24.6 Å². The van der Waals surface area contributed by atoms with E-state index in [1.165, 1.54) is 0 Å². The minimum absolute atomic E-state index is 0.0403. The first-order chi connectivity index (χ1) is 7.50. The molecule has 4 nitrogen and oxygen atoms in total. The summed E-state index contributed by atoms with van der Waals surface area (Å²) < 4.78 is 41.2. The van der Waals surface area contributed by atoms with Gasteiger partial charge in [0.15, 0.2) is 0 Å². The number of rotatable bonds is 4. The van der Waals surface area contributed by atoms with Gasteiger partial charge in [0, 0.05) is 12.5 Å². The molecule has 0 aromatic carbocycles. The predicted octanol–water partition coefficient (Wildman–Crippen LogP) is 1.63. The minimum atomic E-state index is -4.53. The van der Waals surface area contributed by atoms with Gasteiger partial charge in [0.25, 0.3) is 5.82 Å². The lowest BCUT2D eigenvalue weighted by molar-refractivity contribution is -0.146. The Morgan fingerprint density at radius 1 is 1.50 bits per heavy atom. The van der Waals surface area contributed by atoms with E-state index < -0.39 is 12.0 Å². The highest BCUT2D eigenvalue weighted by molar-refractivity contribution is 4.96. The first-order valence-electron chi connectivity index (χ1n) is 5.07. The molecule has 0 aliphatic heterocycles. The molecule has 0 bridgehead atoms. The lowest BCUT2D eigenvalue weighted by Crippen LogP contribution is -2.29. The van der Waals surface area contributed by atoms with E-state index in [1.807, 2.05) is 0 Å². The van der Waals surface area contributed by atoms with Crippen LogP contribution in [-0.2, 0) is 12.6 Å².